The Kier molecular flexibility index (Phi) is 5.73. The summed E-state index contributed by atoms with van der Waals surface area (Å²) in [5, 5.41) is 31.8. The zero-order valence-electron chi connectivity index (χ0n) is 14.7. The topological polar surface area (TPSA) is 229 Å². The molecule has 0 saturated carbocycles. The number of nitrogens with zero attached hydrogens (tertiary/aromatic N) is 3. The maximum atomic E-state index is 12.2. The Morgan fingerprint density at radius 1 is 1.45 bits per heavy atom. The Hall–Kier alpha value is -2.39. The van der Waals surface area contributed by atoms with Gasteiger partial charge in [-0.3, -0.25) is 23.7 Å². The number of aromatic amines is 1. The molecule has 160 valence electrons. The average Bonchev–Trinajstić information content (AvgIpc) is 3.15. The van der Waals surface area contributed by atoms with Crippen molar-refractivity contribution in [2.75, 3.05) is 11.9 Å². The maximum absolute atomic E-state index is 12.2. The smallest absolute Gasteiger partial charge is 0.469 e. The molecule has 29 heavy (non-hydrogen) atoms. The zero-order chi connectivity index (χ0) is 21.5. The fourth-order valence-electron chi connectivity index (χ4n) is 2.71. The summed E-state index contributed by atoms with van der Waals surface area (Å²) in [6, 6.07) is -1.07. The summed E-state index contributed by atoms with van der Waals surface area (Å²) in [6.45, 7) is 0.623. The highest BCUT2D eigenvalue weighted by molar-refractivity contribution is 7.46. The number of phosphoric ester groups is 1. The van der Waals surface area contributed by atoms with Crippen LogP contribution in [0.15, 0.2) is 11.1 Å². The molecule has 0 aliphatic carbocycles. The van der Waals surface area contributed by atoms with Gasteiger partial charge >= 0.3 is 13.8 Å². The van der Waals surface area contributed by atoms with Crippen LogP contribution in [0.1, 0.15) is 13.2 Å². The van der Waals surface area contributed by atoms with Crippen LogP contribution < -0.4 is 10.9 Å². The van der Waals surface area contributed by atoms with Crippen LogP contribution in [0.4, 0.5) is 5.95 Å². The molecule has 2 aromatic heterocycles. The van der Waals surface area contributed by atoms with Crippen LogP contribution in [-0.2, 0) is 18.6 Å². The van der Waals surface area contributed by atoms with Gasteiger partial charge in [-0.2, -0.15) is 4.98 Å². The third-order valence-electron chi connectivity index (χ3n) is 4.17. The molecule has 15 nitrogen and oxygen atoms in total. The molecule has 1 aliphatic heterocycles. The lowest BCUT2D eigenvalue weighted by atomic mass is 10.1. The molecule has 1 aliphatic rings. The van der Waals surface area contributed by atoms with Crippen LogP contribution in [0.25, 0.3) is 11.2 Å². The first kappa shape index (κ1) is 21.3. The minimum absolute atomic E-state index is 0.0818. The van der Waals surface area contributed by atoms with Crippen LogP contribution in [0.5, 0.6) is 0 Å². The van der Waals surface area contributed by atoms with Crippen LogP contribution in [0.2, 0.25) is 0 Å². The van der Waals surface area contributed by atoms with Crippen molar-refractivity contribution in [1.82, 2.24) is 19.5 Å². The fourth-order valence-corrected chi connectivity index (χ4v) is 3.06. The molecule has 3 rings (SSSR count). The van der Waals surface area contributed by atoms with Crippen molar-refractivity contribution in [2.24, 2.45) is 0 Å². The number of fused-ring (bicyclic) bond motifs is 1. The van der Waals surface area contributed by atoms with Gasteiger partial charge in [-0.1, -0.05) is 0 Å². The van der Waals surface area contributed by atoms with E-state index in [9.17, 15) is 24.4 Å². The van der Waals surface area contributed by atoms with E-state index < -0.39 is 56.5 Å². The van der Waals surface area contributed by atoms with Crippen molar-refractivity contribution in [3.05, 3.63) is 16.7 Å². The van der Waals surface area contributed by atoms with Gasteiger partial charge in [0.05, 0.1) is 12.9 Å². The monoisotopic (exact) mass is 435 g/mol. The predicted octanol–water partition coefficient (Wildman–Crippen LogP) is -2.27. The number of carboxylic acid groups (broad SMARTS) is 1. The second kappa shape index (κ2) is 7.79. The Morgan fingerprint density at radius 2 is 2.14 bits per heavy atom. The number of phosphoric acid groups is 1. The SMILES string of the molecule is CC(Nc1nc2c(ncn2[C@@H]2O[C@H](COP(=O)(O)O)[C@@H](O)[C@H]2O)c(=O)[nH]1)C(=O)O. The van der Waals surface area contributed by atoms with E-state index in [0.717, 1.165) is 10.9 Å². The summed E-state index contributed by atoms with van der Waals surface area (Å²) in [4.78, 5) is 51.0. The number of imidazole rings is 1. The lowest BCUT2D eigenvalue weighted by Gasteiger charge is -2.17. The zero-order valence-corrected chi connectivity index (χ0v) is 15.6. The predicted molar refractivity (Wildman–Crippen MR) is 92.8 cm³/mol. The number of ether oxygens (including phenoxy) is 1. The van der Waals surface area contributed by atoms with E-state index in [1.54, 1.807) is 0 Å². The number of hydrogen-bond acceptors (Lipinski definition) is 10. The Balaban J connectivity index is 1.91. The van der Waals surface area contributed by atoms with Gasteiger partial charge in [0.1, 0.15) is 24.4 Å². The average molecular weight is 435 g/mol. The molecule has 1 fully saturated rings. The maximum Gasteiger partial charge on any atom is 0.469 e. The minimum Gasteiger partial charge on any atom is -0.480 e. The van der Waals surface area contributed by atoms with Crippen molar-refractivity contribution in [3.8, 4) is 0 Å². The van der Waals surface area contributed by atoms with Gasteiger partial charge in [0.25, 0.3) is 5.56 Å². The number of anilines is 1. The van der Waals surface area contributed by atoms with Crippen molar-refractivity contribution in [2.45, 2.75) is 37.5 Å². The number of rotatable bonds is 7. The number of H-pyrrole nitrogens is 1. The Labute approximate surface area is 161 Å². The number of aliphatic hydroxyl groups is 2. The highest BCUT2D eigenvalue weighted by atomic mass is 31.2. The number of aliphatic carboxylic acids is 1. The summed E-state index contributed by atoms with van der Waals surface area (Å²) >= 11 is 0. The van der Waals surface area contributed by atoms with E-state index in [-0.39, 0.29) is 17.1 Å². The second-order valence-electron chi connectivity index (χ2n) is 6.28. The molecule has 2 aromatic rings. The molecule has 0 aromatic carbocycles. The van der Waals surface area contributed by atoms with Gasteiger partial charge in [-0.05, 0) is 6.92 Å². The largest absolute Gasteiger partial charge is 0.480 e. The quantitative estimate of drug-likeness (QED) is 0.228. The van der Waals surface area contributed by atoms with E-state index in [1.165, 1.54) is 6.92 Å². The Bertz CT molecular complexity index is 1020. The lowest BCUT2D eigenvalue weighted by molar-refractivity contribution is -0.137. The minimum atomic E-state index is -4.82. The van der Waals surface area contributed by atoms with Crippen LogP contribution in [0.3, 0.4) is 0 Å². The number of aromatic nitrogens is 4. The molecule has 5 atom stereocenters. The summed E-state index contributed by atoms with van der Waals surface area (Å²) in [7, 11) is -4.82. The fraction of sp³-hybridized carbons (Fsp3) is 0.538. The van der Waals surface area contributed by atoms with Gasteiger partial charge in [0.2, 0.25) is 5.95 Å². The molecule has 7 N–H and O–H groups in total. The van der Waals surface area contributed by atoms with Crippen molar-refractivity contribution in [3.63, 3.8) is 0 Å². The van der Waals surface area contributed by atoms with Gasteiger partial charge in [-0.15, -0.1) is 0 Å². The van der Waals surface area contributed by atoms with E-state index >= 15 is 0 Å². The van der Waals surface area contributed by atoms with E-state index in [4.69, 9.17) is 19.6 Å². The van der Waals surface area contributed by atoms with Crippen LogP contribution in [-0.4, -0.2) is 81.6 Å². The van der Waals surface area contributed by atoms with Gasteiger partial charge in [0, 0.05) is 0 Å². The van der Waals surface area contributed by atoms with E-state index in [2.05, 4.69) is 24.8 Å². The summed E-state index contributed by atoms with van der Waals surface area (Å²) in [6.07, 6.45) is -4.60. The second-order valence-corrected chi connectivity index (χ2v) is 7.51. The molecular formula is C13H18N5O10P. The number of hydrogen-bond donors (Lipinski definition) is 7. The van der Waals surface area contributed by atoms with E-state index in [1.807, 2.05) is 0 Å². The van der Waals surface area contributed by atoms with Gasteiger partial charge in [0.15, 0.2) is 17.4 Å². The number of nitrogens with one attached hydrogen (secondary N) is 2. The summed E-state index contributed by atoms with van der Waals surface area (Å²) < 4.78 is 21.7. The van der Waals surface area contributed by atoms with Gasteiger partial charge in [-0.25, -0.2) is 9.55 Å². The van der Waals surface area contributed by atoms with Crippen molar-refractivity contribution < 1.29 is 43.7 Å². The van der Waals surface area contributed by atoms with Crippen LogP contribution >= 0.6 is 7.82 Å². The third kappa shape index (κ3) is 4.45. The van der Waals surface area contributed by atoms with E-state index in [0.29, 0.717) is 0 Å². The first-order valence-corrected chi connectivity index (χ1v) is 9.69. The highest BCUT2D eigenvalue weighted by Crippen LogP contribution is 2.38. The van der Waals surface area contributed by atoms with Crippen LogP contribution in [0, 0.1) is 0 Å². The molecule has 16 heteroatoms. The first-order valence-electron chi connectivity index (χ1n) is 8.16. The molecule has 1 saturated heterocycles. The molecular weight excluding hydrogens is 417 g/mol. The lowest BCUT2D eigenvalue weighted by Crippen LogP contribution is -2.33. The highest BCUT2D eigenvalue weighted by Gasteiger charge is 2.45. The molecule has 0 radical (unpaired) electrons. The standard InChI is InChI=1S/C13H18N5O10P/c1-4(12(22)23)15-13-16-9-6(10(21)17-13)14-3-18(9)11-8(20)7(19)5(28-11)2-27-29(24,25)26/h3-5,7-8,11,19-20H,2H2,1H3,(H,22,23)(H2,24,25,26)(H2,15,16,17,21)/t4?,5-,7-,8-,11-/m1/s1. The molecule has 3 heterocycles. The third-order valence-corrected chi connectivity index (χ3v) is 4.66. The molecule has 1 unspecified atom stereocenters. The molecule has 0 amide bonds. The number of aliphatic hydroxyl groups excluding tert-OH is 2. The normalized spacial score (nSPS) is 26.0. The molecule has 0 bridgehead atoms. The van der Waals surface area contributed by atoms with Gasteiger partial charge < -0.3 is 35.2 Å². The number of carboxylic acids is 1. The summed E-state index contributed by atoms with van der Waals surface area (Å²) in [5.74, 6) is -1.36. The van der Waals surface area contributed by atoms with Crippen molar-refractivity contribution >= 4 is 30.9 Å². The summed E-state index contributed by atoms with van der Waals surface area (Å²) in [5.41, 5.74) is -0.913. The van der Waals surface area contributed by atoms with Crippen molar-refractivity contribution in [1.29, 1.82) is 0 Å². The molecule has 0 spiro atoms. The Morgan fingerprint density at radius 3 is 2.76 bits per heavy atom. The first-order chi connectivity index (χ1) is 13.5. The number of carbonyl (C=O) groups is 1.